The summed E-state index contributed by atoms with van der Waals surface area (Å²) in [7, 11) is 0. The molecule has 0 atom stereocenters. The van der Waals surface area contributed by atoms with Crippen molar-refractivity contribution < 1.29 is 28.2 Å². The maximum absolute atomic E-state index is 12.3. The Kier molecular flexibility index (Phi) is 8.45. The summed E-state index contributed by atoms with van der Waals surface area (Å²) in [4.78, 5) is 36.6. The fourth-order valence-electron chi connectivity index (χ4n) is 3.13. The van der Waals surface area contributed by atoms with E-state index in [0.29, 0.717) is 36.6 Å². The Bertz CT molecular complexity index is 1260. The molecule has 0 fully saturated rings. The van der Waals surface area contributed by atoms with Crippen LogP contribution in [0, 0.1) is 0 Å². The van der Waals surface area contributed by atoms with Crippen molar-refractivity contribution in [3.05, 3.63) is 70.1 Å². The first-order valence-electron chi connectivity index (χ1n) is 11.1. The number of amides is 1. The molecule has 3 rings (SSSR count). The van der Waals surface area contributed by atoms with Crippen LogP contribution in [0.5, 0.6) is 17.2 Å². The van der Waals surface area contributed by atoms with Gasteiger partial charge in [0, 0.05) is 24.1 Å². The molecule has 0 bridgehead atoms. The van der Waals surface area contributed by atoms with Crippen LogP contribution in [0.3, 0.4) is 0 Å². The van der Waals surface area contributed by atoms with Gasteiger partial charge < -0.3 is 23.9 Å². The monoisotopic (exact) mass is 465 g/mol. The molecule has 1 heterocycles. The van der Waals surface area contributed by atoms with Crippen molar-refractivity contribution in [2.45, 2.75) is 27.2 Å². The predicted molar refractivity (Wildman–Crippen MR) is 129 cm³/mol. The second-order valence-corrected chi connectivity index (χ2v) is 7.23. The lowest BCUT2D eigenvalue weighted by Gasteiger charge is -2.11. The molecule has 1 amide bonds. The predicted octanol–water partition coefficient (Wildman–Crippen LogP) is 4.35. The van der Waals surface area contributed by atoms with E-state index >= 15 is 0 Å². The quantitative estimate of drug-likeness (QED) is 0.205. The average molecular weight is 466 g/mol. The summed E-state index contributed by atoms with van der Waals surface area (Å²) >= 11 is 0. The first-order valence-corrected chi connectivity index (χ1v) is 11.1. The molecule has 8 nitrogen and oxygen atoms in total. The summed E-state index contributed by atoms with van der Waals surface area (Å²) in [5, 5.41) is 3.18. The fourth-order valence-corrected chi connectivity index (χ4v) is 3.13. The third kappa shape index (κ3) is 6.25. The van der Waals surface area contributed by atoms with E-state index in [4.69, 9.17) is 18.6 Å². The lowest BCUT2D eigenvalue weighted by molar-refractivity contribution is -0.128. The number of esters is 1. The number of hydrogen-bond donors (Lipinski definition) is 1. The Morgan fingerprint density at radius 1 is 0.971 bits per heavy atom. The van der Waals surface area contributed by atoms with E-state index in [2.05, 4.69) is 5.32 Å². The zero-order valence-electron chi connectivity index (χ0n) is 19.4. The Morgan fingerprint density at radius 2 is 1.74 bits per heavy atom. The number of hydrogen-bond acceptors (Lipinski definition) is 7. The molecule has 3 aromatic rings. The van der Waals surface area contributed by atoms with Gasteiger partial charge in [0.15, 0.2) is 11.5 Å². The molecule has 0 saturated carbocycles. The fraction of sp³-hybridized carbons (Fsp3) is 0.269. The molecule has 34 heavy (non-hydrogen) atoms. The SMILES string of the molecule is CCCNC(=O)c1cc2ccc(OC(=O)/C=C/c3ccc(OCC)c(OCC)c3)cc2oc1=O. The van der Waals surface area contributed by atoms with Gasteiger partial charge in [-0.15, -0.1) is 0 Å². The smallest absolute Gasteiger partial charge is 0.349 e. The minimum absolute atomic E-state index is 0.0737. The molecule has 0 unspecified atom stereocenters. The number of rotatable bonds is 10. The number of benzene rings is 2. The standard InChI is InChI=1S/C26H27NO7/c1-4-13-27-25(29)20-15-18-9-10-19(16-22(18)34-26(20)30)33-24(28)12-8-17-7-11-21(31-5-2)23(14-17)32-6-3/h7-12,14-16H,4-6,13H2,1-3H3,(H,27,29)/b12-8+. The van der Waals surface area contributed by atoms with E-state index in [1.165, 1.54) is 18.2 Å². The minimum Gasteiger partial charge on any atom is -0.490 e. The molecule has 0 saturated heterocycles. The van der Waals surface area contributed by atoms with Crippen LogP contribution in [0.4, 0.5) is 0 Å². The molecule has 1 N–H and O–H groups in total. The van der Waals surface area contributed by atoms with Gasteiger partial charge in [-0.1, -0.05) is 13.0 Å². The van der Waals surface area contributed by atoms with E-state index in [0.717, 1.165) is 12.0 Å². The number of fused-ring (bicyclic) bond motifs is 1. The second-order valence-electron chi connectivity index (χ2n) is 7.23. The number of carbonyl (C=O) groups is 2. The second kappa shape index (κ2) is 11.7. The maximum Gasteiger partial charge on any atom is 0.349 e. The molecule has 0 aliphatic heterocycles. The van der Waals surface area contributed by atoms with E-state index in [9.17, 15) is 14.4 Å². The molecule has 0 aliphatic rings. The first kappa shape index (κ1) is 24.6. The van der Waals surface area contributed by atoms with Gasteiger partial charge in [0.2, 0.25) is 0 Å². The van der Waals surface area contributed by atoms with Gasteiger partial charge >= 0.3 is 11.6 Å². The third-order valence-corrected chi connectivity index (χ3v) is 4.69. The van der Waals surface area contributed by atoms with Gasteiger partial charge in [0.25, 0.3) is 5.91 Å². The van der Waals surface area contributed by atoms with Gasteiger partial charge in [-0.3, -0.25) is 4.79 Å². The van der Waals surface area contributed by atoms with Crippen molar-refractivity contribution in [2.24, 2.45) is 0 Å². The minimum atomic E-state index is -0.759. The molecule has 0 spiro atoms. The zero-order chi connectivity index (χ0) is 24.5. The number of nitrogens with one attached hydrogen (secondary N) is 1. The highest BCUT2D eigenvalue weighted by molar-refractivity contribution is 5.97. The van der Waals surface area contributed by atoms with Crippen LogP contribution < -0.4 is 25.2 Å². The summed E-state index contributed by atoms with van der Waals surface area (Å²) in [6, 6.07) is 11.4. The molecule has 2 aromatic carbocycles. The van der Waals surface area contributed by atoms with Crippen molar-refractivity contribution >= 4 is 28.9 Å². The van der Waals surface area contributed by atoms with E-state index in [1.54, 1.807) is 36.4 Å². The highest BCUT2D eigenvalue weighted by atomic mass is 16.5. The normalized spacial score (nSPS) is 10.9. The topological polar surface area (TPSA) is 104 Å². The van der Waals surface area contributed by atoms with Crippen LogP contribution in [0.25, 0.3) is 17.0 Å². The number of carbonyl (C=O) groups excluding carboxylic acids is 2. The van der Waals surface area contributed by atoms with Crippen LogP contribution in [-0.4, -0.2) is 31.6 Å². The van der Waals surface area contributed by atoms with E-state index < -0.39 is 17.5 Å². The van der Waals surface area contributed by atoms with Crippen molar-refractivity contribution in [3.8, 4) is 17.2 Å². The lowest BCUT2D eigenvalue weighted by Crippen LogP contribution is -2.28. The zero-order valence-corrected chi connectivity index (χ0v) is 19.4. The lowest BCUT2D eigenvalue weighted by atomic mass is 10.1. The highest BCUT2D eigenvalue weighted by Crippen LogP contribution is 2.29. The Balaban J connectivity index is 1.73. The molecule has 8 heteroatoms. The van der Waals surface area contributed by atoms with Crippen LogP contribution in [-0.2, 0) is 4.79 Å². The third-order valence-electron chi connectivity index (χ3n) is 4.69. The molecule has 1 aromatic heterocycles. The van der Waals surface area contributed by atoms with Crippen molar-refractivity contribution in [1.29, 1.82) is 0 Å². The van der Waals surface area contributed by atoms with Crippen LogP contribution >= 0.6 is 0 Å². The summed E-state index contributed by atoms with van der Waals surface area (Å²) in [5.41, 5.74) is 0.113. The van der Waals surface area contributed by atoms with Crippen LogP contribution in [0.15, 0.2) is 57.8 Å². The van der Waals surface area contributed by atoms with E-state index in [-0.39, 0.29) is 16.9 Å². The summed E-state index contributed by atoms with van der Waals surface area (Å²) in [6.45, 7) is 7.14. The summed E-state index contributed by atoms with van der Waals surface area (Å²) in [6.07, 6.45) is 3.63. The van der Waals surface area contributed by atoms with Crippen molar-refractivity contribution in [3.63, 3.8) is 0 Å². The molecular weight excluding hydrogens is 438 g/mol. The maximum atomic E-state index is 12.3. The Morgan fingerprint density at radius 3 is 2.47 bits per heavy atom. The highest BCUT2D eigenvalue weighted by Gasteiger charge is 2.14. The number of ether oxygens (including phenoxy) is 3. The summed E-state index contributed by atoms with van der Waals surface area (Å²) in [5.74, 6) is 0.333. The first-order chi connectivity index (χ1) is 16.4. The van der Waals surface area contributed by atoms with Gasteiger partial charge in [0.05, 0.1) is 13.2 Å². The molecule has 0 aliphatic carbocycles. The largest absolute Gasteiger partial charge is 0.490 e. The Hall–Kier alpha value is -4.07. The molecule has 178 valence electrons. The van der Waals surface area contributed by atoms with Gasteiger partial charge in [-0.05, 0) is 62.2 Å². The average Bonchev–Trinajstić information content (AvgIpc) is 2.82. The van der Waals surface area contributed by atoms with Crippen molar-refractivity contribution in [2.75, 3.05) is 19.8 Å². The molecular formula is C26H27NO7. The van der Waals surface area contributed by atoms with Crippen LogP contribution in [0.1, 0.15) is 43.1 Å². The van der Waals surface area contributed by atoms with Gasteiger partial charge in [0.1, 0.15) is 16.9 Å². The van der Waals surface area contributed by atoms with Crippen molar-refractivity contribution in [1.82, 2.24) is 5.32 Å². The van der Waals surface area contributed by atoms with Gasteiger partial charge in [-0.2, -0.15) is 0 Å². The van der Waals surface area contributed by atoms with E-state index in [1.807, 2.05) is 20.8 Å². The van der Waals surface area contributed by atoms with Crippen LogP contribution in [0.2, 0.25) is 0 Å². The Labute approximate surface area is 197 Å². The molecule has 0 radical (unpaired) electrons. The summed E-state index contributed by atoms with van der Waals surface area (Å²) < 4.78 is 21.7. The van der Waals surface area contributed by atoms with Gasteiger partial charge in [-0.25, -0.2) is 9.59 Å².